The Hall–Kier alpha value is -1.72. The number of nitrogens with zero attached hydrogens (tertiary/aromatic N) is 1. The molecule has 1 aliphatic heterocycles. The molecule has 0 bridgehead atoms. The van der Waals surface area contributed by atoms with Crippen molar-refractivity contribution >= 4 is 23.5 Å². The third kappa shape index (κ3) is 7.39. The number of nitrogens with one attached hydrogen (secondary N) is 1. The molecule has 1 rings (SSSR count). The Morgan fingerprint density at radius 1 is 1.09 bits per heavy atom. The average Bonchev–Trinajstić information content (AvgIpc) is 2.72. The molecule has 1 heterocycles. The zero-order valence-corrected chi connectivity index (χ0v) is 14.2. The Morgan fingerprint density at radius 2 is 1.74 bits per heavy atom. The van der Waals surface area contributed by atoms with Crippen molar-refractivity contribution in [2.75, 3.05) is 13.1 Å². The van der Waals surface area contributed by atoms with Crippen molar-refractivity contribution in [3.05, 3.63) is 0 Å². The first kappa shape index (κ1) is 19.3. The summed E-state index contributed by atoms with van der Waals surface area (Å²) in [4.78, 5) is 47.0. The summed E-state index contributed by atoms with van der Waals surface area (Å²) in [5.74, 6) is -0.494. The van der Waals surface area contributed by atoms with E-state index in [0.29, 0.717) is 13.0 Å². The third-order valence-electron chi connectivity index (χ3n) is 4.06. The second-order valence-electron chi connectivity index (χ2n) is 6.31. The summed E-state index contributed by atoms with van der Waals surface area (Å²) in [6, 6.07) is 0. The predicted molar refractivity (Wildman–Crippen MR) is 86.5 cm³/mol. The molecule has 0 spiro atoms. The van der Waals surface area contributed by atoms with Crippen molar-refractivity contribution in [1.82, 2.24) is 10.2 Å². The normalized spacial score (nSPS) is 17.7. The maximum absolute atomic E-state index is 11.7. The molecule has 0 saturated carbocycles. The van der Waals surface area contributed by atoms with Crippen molar-refractivity contribution < 1.29 is 19.2 Å². The highest BCUT2D eigenvalue weighted by Gasteiger charge is 2.35. The van der Waals surface area contributed by atoms with E-state index < -0.39 is 0 Å². The number of carbonyl (C=O) groups excluding carboxylic acids is 4. The second-order valence-corrected chi connectivity index (χ2v) is 6.31. The van der Waals surface area contributed by atoms with Crippen molar-refractivity contribution in [1.29, 1.82) is 0 Å². The number of Topliss-reactive ketones (excluding diaryl/α,β-unsaturated/α-hetero) is 1. The number of unbranched alkanes of at least 4 members (excludes halogenated alkanes) is 4. The van der Waals surface area contributed by atoms with Crippen LogP contribution in [0, 0.1) is 5.92 Å². The van der Waals surface area contributed by atoms with Crippen LogP contribution in [-0.4, -0.2) is 41.5 Å². The van der Waals surface area contributed by atoms with Crippen LogP contribution >= 0.6 is 0 Å². The number of hydrogen-bond acceptors (Lipinski definition) is 4. The first-order chi connectivity index (χ1) is 10.9. The molecule has 1 fully saturated rings. The van der Waals surface area contributed by atoms with E-state index in [1.807, 2.05) is 0 Å². The molecule has 0 radical (unpaired) electrons. The van der Waals surface area contributed by atoms with Gasteiger partial charge in [0.15, 0.2) is 0 Å². The molecule has 6 nitrogen and oxygen atoms in total. The summed E-state index contributed by atoms with van der Waals surface area (Å²) in [5, 5.41) is 2.81. The Kier molecular flexibility index (Phi) is 8.51. The van der Waals surface area contributed by atoms with Crippen molar-refractivity contribution in [2.45, 2.75) is 65.2 Å². The van der Waals surface area contributed by atoms with E-state index in [1.54, 1.807) is 13.8 Å². The minimum absolute atomic E-state index is 0.123. The van der Waals surface area contributed by atoms with Gasteiger partial charge in [-0.25, -0.2) is 0 Å². The lowest BCUT2D eigenvalue weighted by molar-refractivity contribution is -0.139. The van der Waals surface area contributed by atoms with Crippen LogP contribution in [0.2, 0.25) is 0 Å². The molecular formula is C17H28N2O4. The first-order valence-electron chi connectivity index (χ1n) is 8.52. The molecule has 130 valence electrons. The van der Waals surface area contributed by atoms with Gasteiger partial charge in [-0.2, -0.15) is 0 Å². The lowest BCUT2D eigenvalue weighted by Gasteiger charge is -2.13. The van der Waals surface area contributed by atoms with Crippen LogP contribution in [0.5, 0.6) is 0 Å². The van der Waals surface area contributed by atoms with E-state index in [2.05, 4.69) is 5.32 Å². The number of carbonyl (C=O) groups is 4. The molecule has 1 saturated heterocycles. The summed E-state index contributed by atoms with van der Waals surface area (Å²) < 4.78 is 0. The fraction of sp³-hybridized carbons (Fsp3) is 0.765. The minimum Gasteiger partial charge on any atom is -0.356 e. The fourth-order valence-electron chi connectivity index (χ4n) is 2.64. The Bertz CT molecular complexity index is 448. The summed E-state index contributed by atoms with van der Waals surface area (Å²) in [7, 11) is 0. The van der Waals surface area contributed by atoms with Crippen LogP contribution in [0.25, 0.3) is 0 Å². The van der Waals surface area contributed by atoms with Crippen LogP contribution in [0.1, 0.15) is 65.2 Å². The topological polar surface area (TPSA) is 83.6 Å². The van der Waals surface area contributed by atoms with Crippen LogP contribution in [-0.2, 0) is 19.2 Å². The zero-order chi connectivity index (χ0) is 17.2. The number of imide groups is 1. The molecule has 6 heteroatoms. The van der Waals surface area contributed by atoms with Crippen LogP contribution < -0.4 is 5.32 Å². The Balaban J connectivity index is 2.01. The lowest BCUT2D eigenvalue weighted by Crippen LogP contribution is -2.35. The molecule has 23 heavy (non-hydrogen) atoms. The molecule has 0 aliphatic carbocycles. The molecule has 0 aromatic carbocycles. The average molecular weight is 324 g/mol. The van der Waals surface area contributed by atoms with Gasteiger partial charge in [0.2, 0.25) is 17.7 Å². The number of ketones is 1. The van der Waals surface area contributed by atoms with Gasteiger partial charge < -0.3 is 10.1 Å². The molecular weight excluding hydrogens is 296 g/mol. The highest BCUT2D eigenvalue weighted by molar-refractivity contribution is 6.03. The van der Waals surface area contributed by atoms with E-state index in [9.17, 15) is 19.2 Å². The van der Waals surface area contributed by atoms with E-state index in [0.717, 1.165) is 32.1 Å². The maximum atomic E-state index is 11.7. The molecule has 0 aromatic heterocycles. The largest absolute Gasteiger partial charge is 0.356 e. The summed E-state index contributed by atoms with van der Waals surface area (Å²) in [6.07, 6.45) is 6.07. The molecule has 1 aliphatic rings. The predicted octanol–water partition coefficient (Wildman–Crippen LogP) is 1.82. The highest BCUT2D eigenvalue weighted by Crippen LogP contribution is 2.18. The highest BCUT2D eigenvalue weighted by atomic mass is 16.2. The van der Waals surface area contributed by atoms with Gasteiger partial charge in [0.1, 0.15) is 5.78 Å². The fourth-order valence-corrected chi connectivity index (χ4v) is 2.64. The van der Waals surface area contributed by atoms with E-state index in [4.69, 9.17) is 0 Å². The summed E-state index contributed by atoms with van der Waals surface area (Å²) in [6.45, 7) is 4.14. The lowest BCUT2D eigenvalue weighted by atomic mass is 10.1. The van der Waals surface area contributed by atoms with E-state index >= 15 is 0 Å². The number of hydrogen-bond donors (Lipinski definition) is 1. The second kappa shape index (κ2) is 10.1. The van der Waals surface area contributed by atoms with E-state index in [-0.39, 0.29) is 48.8 Å². The van der Waals surface area contributed by atoms with Crippen LogP contribution in [0.4, 0.5) is 0 Å². The SMILES string of the molecule is CC(=O)CCCCCCCNC(=O)CCN1C(=O)CC(C)C1=O. The van der Waals surface area contributed by atoms with Crippen LogP contribution in [0.3, 0.4) is 0 Å². The standard InChI is InChI=1S/C17H28N2O4/c1-13-12-16(22)19(17(13)23)11-9-15(21)18-10-7-5-3-4-6-8-14(2)20/h13H,3-12H2,1-2H3,(H,18,21). The summed E-state index contributed by atoms with van der Waals surface area (Å²) in [5.41, 5.74) is 0. The number of rotatable bonds is 11. The van der Waals surface area contributed by atoms with Gasteiger partial charge in [0.05, 0.1) is 0 Å². The van der Waals surface area contributed by atoms with Crippen molar-refractivity contribution in [2.24, 2.45) is 5.92 Å². The van der Waals surface area contributed by atoms with Gasteiger partial charge in [0.25, 0.3) is 0 Å². The first-order valence-corrected chi connectivity index (χ1v) is 8.52. The minimum atomic E-state index is -0.256. The Labute approximate surface area is 138 Å². The Morgan fingerprint density at radius 3 is 2.35 bits per heavy atom. The van der Waals surface area contributed by atoms with Gasteiger partial charge in [-0.15, -0.1) is 0 Å². The monoisotopic (exact) mass is 324 g/mol. The van der Waals surface area contributed by atoms with Gasteiger partial charge in [-0.3, -0.25) is 19.3 Å². The summed E-state index contributed by atoms with van der Waals surface area (Å²) >= 11 is 0. The molecule has 1 atom stereocenters. The van der Waals surface area contributed by atoms with Crippen molar-refractivity contribution in [3.8, 4) is 0 Å². The maximum Gasteiger partial charge on any atom is 0.232 e. The number of amides is 3. The molecule has 0 aromatic rings. The molecule has 1 N–H and O–H groups in total. The van der Waals surface area contributed by atoms with E-state index in [1.165, 1.54) is 4.90 Å². The van der Waals surface area contributed by atoms with Crippen molar-refractivity contribution in [3.63, 3.8) is 0 Å². The smallest absolute Gasteiger partial charge is 0.232 e. The van der Waals surface area contributed by atoms with Gasteiger partial charge >= 0.3 is 0 Å². The quantitative estimate of drug-likeness (QED) is 0.464. The van der Waals surface area contributed by atoms with Gasteiger partial charge in [0, 0.05) is 38.3 Å². The zero-order valence-electron chi connectivity index (χ0n) is 14.2. The number of likely N-dealkylation sites (tertiary alicyclic amines) is 1. The molecule has 3 amide bonds. The third-order valence-corrected chi connectivity index (χ3v) is 4.06. The van der Waals surface area contributed by atoms with Crippen LogP contribution in [0.15, 0.2) is 0 Å². The molecule has 1 unspecified atom stereocenters. The van der Waals surface area contributed by atoms with Gasteiger partial charge in [-0.1, -0.05) is 26.2 Å². The van der Waals surface area contributed by atoms with Gasteiger partial charge in [-0.05, 0) is 19.8 Å².